The van der Waals surface area contributed by atoms with Gasteiger partial charge in [-0.1, -0.05) is 0 Å². The predicted molar refractivity (Wildman–Crippen MR) is 149 cm³/mol. The zero-order chi connectivity index (χ0) is 23.7. The first-order chi connectivity index (χ1) is 15.0. The first-order valence-electron chi connectivity index (χ1n) is 13.7. The van der Waals surface area contributed by atoms with Crippen LogP contribution in [0.25, 0.3) is 0 Å². The van der Waals surface area contributed by atoms with Crippen molar-refractivity contribution in [3.63, 3.8) is 0 Å². The summed E-state index contributed by atoms with van der Waals surface area (Å²) in [5.41, 5.74) is 1.81. The molecule has 0 radical (unpaired) electrons. The van der Waals surface area contributed by atoms with E-state index in [9.17, 15) is 0 Å². The van der Waals surface area contributed by atoms with E-state index in [2.05, 4.69) is 85.7 Å². The van der Waals surface area contributed by atoms with E-state index < -0.39 is 16.2 Å². The van der Waals surface area contributed by atoms with Crippen LogP contribution in [0.1, 0.15) is 99.5 Å². The maximum absolute atomic E-state index is 4.92. The van der Waals surface area contributed by atoms with Gasteiger partial charge in [-0.15, -0.1) is 0 Å². The van der Waals surface area contributed by atoms with Crippen molar-refractivity contribution in [1.29, 1.82) is 0 Å². The number of rotatable bonds is 7. The van der Waals surface area contributed by atoms with Gasteiger partial charge in [0.1, 0.15) is 0 Å². The normalized spacial score (nSPS) is 32.5. The van der Waals surface area contributed by atoms with Crippen LogP contribution in [-0.2, 0) is 5.41 Å². The first-order valence-corrected chi connectivity index (χ1v) is 25.4. The van der Waals surface area contributed by atoms with Gasteiger partial charge in [-0.3, -0.25) is 0 Å². The fourth-order valence-corrected chi connectivity index (χ4v) is 38.7. The van der Waals surface area contributed by atoms with Crippen molar-refractivity contribution in [1.82, 2.24) is 0 Å². The number of halogens is 1. The van der Waals surface area contributed by atoms with Gasteiger partial charge in [-0.2, -0.15) is 0 Å². The summed E-state index contributed by atoms with van der Waals surface area (Å²) in [7, 11) is 0. The van der Waals surface area contributed by atoms with Crippen LogP contribution < -0.4 is 0 Å². The van der Waals surface area contributed by atoms with Crippen molar-refractivity contribution >= 4 is 28.9 Å². The van der Waals surface area contributed by atoms with E-state index >= 15 is 0 Å². The summed E-state index contributed by atoms with van der Waals surface area (Å²) in [6.45, 7) is 20.3. The molecule has 2 aliphatic carbocycles. The van der Waals surface area contributed by atoms with Gasteiger partial charge in [0.2, 0.25) is 0 Å². The van der Waals surface area contributed by atoms with Crippen LogP contribution in [0.4, 0.5) is 0 Å². The second kappa shape index (κ2) is 11.0. The minimum atomic E-state index is -2.81. The quantitative estimate of drug-likeness (QED) is 0.270. The Balaban J connectivity index is 2.08. The molecule has 182 valence electrons. The van der Waals surface area contributed by atoms with E-state index in [0.29, 0.717) is 0 Å². The second-order valence-corrected chi connectivity index (χ2v) is 33.7. The van der Waals surface area contributed by atoms with Crippen molar-refractivity contribution in [2.75, 3.05) is 0 Å². The molecule has 0 aromatic heterocycles. The molecule has 3 rings (SSSR count). The van der Waals surface area contributed by atoms with Crippen LogP contribution in [-0.4, -0.2) is 16.2 Å². The Morgan fingerprint density at radius 2 is 1.25 bits per heavy atom. The van der Waals surface area contributed by atoms with Gasteiger partial charge in [0.25, 0.3) is 0 Å². The number of hydrogen-bond acceptors (Lipinski definition) is 0. The van der Waals surface area contributed by atoms with Gasteiger partial charge in [0.05, 0.1) is 0 Å². The molecule has 0 bridgehead atoms. The fraction of sp³-hybridized carbons (Fsp3) is 0.800. The summed E-state index contributed by atoms with van der Waals surface area (Å²) in [6.07, 6.45) is 8.81. The Labute approximate surface area is 210 Å². The molecule has 0 unspecified atom stereocenters. The molecular formula is C30H51BrSn. The molecule has 0 nitrogen and oxygen atoms in total. The average Bonchev–Trinajstić information content (AvgIpc) is 2.73. The van der Waals surface area contributed by atoms with Crippen molar-refractivity contribution < 1.29 is 0 Å². The first kappa shape index (κ1) is 27.1. The molecule has 2 aliphatic rings. The molecule has 2 heteroatoms. The molecule has 1 aromatic rings. The van der Waals surface area contributed by atoms with Crippen LogP contribution >= 0.6 is 12.7 Å². The maximum atomic E-state index is 4.92. The molecule has 2 fully saturated rings. The summed E-state index contributed by atoms with van der Waals surface area (Å²) >= 11 is 2.11. The summed E-state index contributed by atoms with van der Waals surface area (Å²) in [5, 5.41) is 0. The van der Waals surface area contributed by atoms with Crippen LogP contribution in [0.2, 0.25) is 12.3 Å². The van der Waals surface area contributed by atoms with Gasteiger partial charge in [-0.05, 0) is 0 Å². The van der Waals surface area contributed by atoms with Crippen LogP contribution in [0, 0.1) is 35.5 Å². The van der Waals surface area contributed by atoms with Gasteiger partial charge >= 0.3 is 212 Å². The van der Waals surface area contributed by atoms with Crippen LogP contribution in [0.5, 0.6) is 0 Å². The summed E-state index contributed by atoms with van der Waals surface area (Å²) < 4.78 is 3.41. The molecule has 0 saturated heterocycles. The monoisotopic (exact) mass is 610 g/mol. The van der Waals surface area contributed by atoms with Gasteiger partial charge in [-0.25, -0.2) is 0 Å². The third kappa shape index (κ3) is 6.00. The second-order valence-electron chi connectivity index (χ2n) is 13.2. The van der Waals surface area contributed by atoms with Crippen LogP contribution in [0.3, 0.4) is 0 Å². The topological polar surface area (TPSA) is 0 Å². The molecule has 32 heavy (non-hydrogen) atoms. The zero-order valence-electron chi connectivity index (χ0n) is 22.3. The Morgan fingerprint density at radius 1 is 0.812 bits per heavy atom. The number of hydrogen-bond donors (Lipinski definition) is 0. The van der Waals surface area contributed by atoms with Gasteiger partial charge in [0.15, 0.2) is 0 Å². The Hall–Kier alpha value is 0.499. The van der Waals surface area contributed by atoms with Crippen LogP contribution in [0.15, 0.2) is 30.3 Å². The molecule has 1 aromatic carbocycles. The van der Waals surface area contributed by atoms with Crippen molar-refractivity contribution in [3.05, 3.63) is 35.9 Å². The standard InChI is InChI=1S/2C10H19.C10H13.BrH.Sn/c2*1-8(2)10-6-4-9(3)5-7-10;1-10(2,3)9-7-5-4-6-8-9;;/h2*6,8-10H,4-5,7H2,1-3H3;4-8H,1H2,2-3H3;1H;/q;;;;+1/p-1/t2*9-,10-;;;/m00.../s1. The Bertz CT molecular complexity index is 677. The van der Waals surface area contributed by atoms with Crippen molar-refractivity contribution in [2.45, 2.75) is 112 Å². The Kier molecular flexibility index (Phi) is 9.35. The molecule has 2 saturated carbocycles. The van der Waals surface area contributed by atoms with E-state index in [0.717, 1.165) is 43.4 Å². The third-order valence-corrected chi connectivity index (χ3v) is 34.2. The van der Waals surface area contributed by atoms with Crippen molar-refractivity contribution in [2.24, 2.45) is 35.5 Å². The Morgan fingerprint density at radius 3 is 1.66 bits per heavy atom. The molecule has 6 atom stereocenters. The SMILES string of the molecule is CC(C)[C@@H]1CC[C@@H](C)C[C@H]1[Sn]([Br])([CH2]C(C)(C)c1ccccc1)[C@@H]1C[C@H](C)CC[C@H]1C(C)C. The fourth-order valence-electron chi connectivity index (χ4n) is 7.71. The van der Waals surface area contributed by atoms with Gasteiger partial charge in [0, 0.05) is 0 Å². The summed E-state index contributed by atoms with van der Waals surface area (Å²) in [6, 6.07) is 11.5. The van der Waals surface area contributed by atoms with E-state index in [4.69, 9.17) is 12.7 Å². The van der Waals surface area contributed by atoms with E-state index in [1.54, 1.807) is 5.56 Å². The van der Waals surface area contributed by atoms with Gasteiger partial charge < -0.3 is 0 Å². The molecule has 0 spiro atoms. The zero-order valence-corrected chi connectivity index (χ0v) is 26.8. The summed E-state index contributed by atoms with van der Waals surface area (Å²) in [5.74, 6) is 5.30. The molecule has 0 heterocycles. The third-order valence-electron chi connectivity index (χ3n) is 9.55. The average molecular weight is 610 g/mol. The predicted octanol–water partition coefficient (Wildman–Crippen LogP) is 10.2. The molecule has 0 aliphatic heterocycles. The molecule has 0 amide bonds. The summed E-state index contributed by atoms with van der Waals surface area (Å²) in [4.78, 5) is 0. The molecular weight excluding hydrogens is 559 g/mol. The van der Waals surface area contributed by atoms with E-state index in [1.807, 2.05) is 0 Å². The minimum absolute atomic E-state index is 0.255. The number of benzene rings is 1. The molecule has 0 N–H and O–H groups in total. The van der Waals surface area contributed by atoms with Crippen molar-refractivity contribution in [3.8, 4) is 0 Å². The van der Waals surface area contributed by atoms with E-state index in [-0.39, 0.29) is 5.41 Å². The van der Waals surface area contributed by atoms with E-state index in [1.165, 1.54) is 43.0 Å².